The number of ether oxygens (including phenoxy) is 2. The zero-order valence-electron chi connectivity index (χ0n) is 22.9. The van der Waals surface area contributed by atoms with E-state index in [0.717, 1.165) is 5.56 Å². The maximum absolute atomic E-state index is 13.2. The van der Waals surface area contributed by atoms with Crippen LogP contribution in [-0.2, 0) is 25.7 Å². The molecule has 0 fully saturated rings. The highest BCUT2D eigenvalue weighted by Crippen LogP contribution is 2.08. The van der Waals surface area contributed by atoms with Gasteiger partial charge < -0.3 is 20.1 Å². The number of esters is 1. The topological polar surface area (TPSA) is 183 Å². The molecular weight excluding hydrogens is 508 g/mol. The Hall–Kier alpha value is -3.71. The number of aliphatic imine (C=N–C) groups is 2. The summed E-state index contributed by atoms with van der Waals surface area (Å²) in [6, 6.07) is 7.30. The minimum absolute atomic E-state index is 0.0440. The van der Waals surface area contributed by atoms with E-state index < -0.39 is 30.1 Å². The Balaban J connectivity index is 2.80. The van der Waals surface area contributed by atoms with Crippen LogP contribution in [0.2, 0.25) is 0 Å². The van der Waals surface area contributed by atoms with Gasteiger partial charge in [0, 0.05) is 13.1 Å². The molecule has 1 aromatic carbocycles. The van der Waals surface area contributed by atoms with Gasteiger partial charge in [-0.25, -0.2) is 9.59 Å². The van der Waals surface area contributed by atoms with Gasteiger partial charge in [-0.15, -0.1) is 0 Å². The summed E-state index contributed by atoms with van der Waals surface area (Å²) in [5.74, 6) is -0.335. The van der Waals surface area contributed by atoms with Gasteiger partial charge in [-0.05, 0) is 64.9 Å². The number of hydrogen-bond donors (Lipinski definition) is 6. The second-order valence-corrected chi connectivity index (χ2v) is 8.72. The minimum Gasteiger partial charge on any atom is -0.464 e. The molecule has 0 aliphatic heterocycles. The summed E-state index contributed by atoms with van der Waals surface area (Å²) in [5, 5.41) is 22.9. The molecule has 2 atom stereocenters. The van der Waals surface area contributed by atoms with Crippen LogP contribution in [0.1, 0.15) is 64.9 Å². The van der Waals surface area contributed by atoms with Crippen molar-refractivity contribution in [2.45, 2.75) is 78.0 Å². The molecule has 0 unspecified atom stereocenters. The molecule has 0 bridgehead atoms. The summed E-state index contributed by atoms with van der Waals surface area (Å²) in [5.41, 5.74) is 4.72. The Labute approximate surface area is 229 Å². The standard InChI is InChI=1S/C26H42N6O7/c1-4-38-25(34)23(15-9-11-17-28-20(3)32-37)29-24(33)22(14-8-10-16-27-19(2)31-36)30-26(35)39-18-21-12-6-5-7-13-21/h5-7,12-13,22-23,36-37H,4,8-11,14-18H2,1-3H3,(H,27,31)(H,28,32)(H,29,33)(H,30,35)/t22-,23-/m0/s1. The number of amidine groups is 2. The molecule has 0 saturated heterocycles. The highest BCUT2D eigenvalue weighted by Gasteiger charge is 2.27. The highest BCUT2D eigenvalue weighted by atomic mass is 16.5. The van der Waals surface area contributed by atoms with Crippen LogP contribution < -0.4 is 21.6 Å². The van der Waals surface area contributed by atoms with Crippen LogP contribution in [0.5, 0.6) is 0 Å². The first-order chi connectivity index (χ1) is 18.8. The number of amides is 2. The van der Waals surface area contributed by atoms with Crippen molar-refractivity contribution in [3.63, 3.8) is 0 Å². The van der Waals surface area contributed by atoms with E-state index in [1.54, 1.807) is 20.8 Å². The van der Waals surface area contributed by atoms with Crippen molar-refractivity contribution < 1.29 is 34.3 Å². The van der Waals surface area contributed by atoms with E-state index in [-0.39, 0.29) is 19.6 Å². The van der Waals surface area contributed by atoms with Gasteiger partial charge in [0.2, 0.25) is 5.91 Å². The van der Waals surface area contributed by atoms with E-state index >= 15 is 0 Å². The van der Waals surface area contributed by atoms with E-state index in [0.29, 0.717) is 56.9 Å². The Morgan fingerprint density at radius 1 is 0.821 bits per heavy atom. The van der Waals surface area contributed by atoms with Gasteiger partial charge in [-0.2, -0.15) is 0 Å². The van der Waals surface area contributed by atoms with Crippen LogP contribution in [0.3, 0.4) is 0 Å². The number of rotatable bonds is 17. The molecule has 1 aromatic rings. The van der Waals surface area contributed by atoms with Gasteiger partial charge in [0.1, 0.15) is 30.4 Å². The summed E-state index contributed by atoms with van der Waals surface area (Å²) in [7, 11) is 0. The molecular formula is C26H42N6O7. The first kappa shape index (κ1) is 33.3. The molecule has 0 spiro atoms. The second-order valence-electron chi connectivity index (χ2n) is 8.72. The number of hydroxylamine groups is 2. The molecule has 39 heavy (non-hydrogen) atoms. The third-order valence-corrected chi connectivity index (χ3v) is 5.53. The van der Waals surface area contributed by atoms with Crippen molar-refractivity contribution in [1.82, 2.24) is 21.6 Å². The zero-order valence-corrected chi connectivity index (χ0v) is 22.9. The number of carbonyl (C=O) groups excluding carboxylic acids is 3. The number of nitrogens with zero attached hydrogens (tertiary/aromatic N) is 2. The third-order valence-electron chi connectivity index (χ3n) is 5.53. The lowest BCUT2D eigenvalue weighted by Crippen LogP contribution is -2.52. The average Bonchev–Trinajstić information content (AvgIpc) is 2.94. The van der Waals surface area contributed by atoms with Crippen LogP contribution >= 0.6 is 0 Å². The third kappa shape index (κ3) is 15.3. The molecule has 0 aliphatic carbocycles. The fourth-order valence-electron chi connectivity index (χ4n) is 3.42. The zero-order chi connectivity index (χ0) is 28.9. The van der Waals surface area contributed by atoms with Crippen LogP contribution in [0.25, 0.3) is 0 Å². The summed E-state index contributed by atoms with van der Waals surface area (Å²) < 4.78 is 10.4. The van der Waals surface area contributed by atoms with Gasteiger partial charge in [0.05, 0.1) is 6.61 Å². The number of alkyl carbamates (subject to hydrolysis) is 1. The monoisotopic (exact) mass is 550 g/mol. The molecule has 218 valence electrons. The van der Waals surface area contributed by atoms with Gasteiger partial charge >= 0.3 is 12.1 Å². The normalized spacial score (nSPS) is 13.2. The molecule has 6 N–H and O–H groups in total. The summed E-state index contributed by atoms with van der Waals surface area (Å²) >= 11 is 0. The van der Waals surface area contributed by atoms with Crippen LogP contribution in [0, 0.1) is 0 Å². The maximum atomic E-state index is 13.2. The van der Waals surface area contributed by atoms with Crippen molar-refractivity contribution in [2.24, 2.45) is 9.98 Å². The first-order valence-electron chi connectivity index (χ1n) is 13.1. The largest absolute Gasteiger partial charge is 0.464 e. The lowest BCUT2D eigenvalue weighted by Gasteiger charge is -2.22. The van der Waals surface area contributed by atoms with E-state index in [1.807, 2.05) is 41.3 Å². The summed E-state index contributed by atoms with van der Waals surface area (Å²) in [6.07, 6.45) is 2.19. The lowest BCUT2D eigenvalue weighted by atomic mass is 10.1. The number of carbonyl (C=O) groups is 3. The quantitative estimate of drug-likeness (QED) is 0.0558. The number of hydrogen-bond acceptors (Lipinski definition) is 9. The lowest BCUT2D eigenvalue weighted by molar-refractivity contribution is -0.147. The Morgan fingerprint density at radius 3 is 1.92 bits per heavy atom. The second kappa shape index (κ2) is 20.3. The molecule has 13 heteroatoms. The Kier molecular flexibility index (Phi) is 17.3. The Morgan fingerprint density at radius 2 is 1.38 bits per heavy atom. The number of unbranched alkanes of at least 4 members (excludes halogenated alkanes) is 2. The van der Waals surface area contributed by atoms with Crippen LogP contribution in [0.15, 0.2) is 40.3 Å². The van der Waals surface area contributed by atoms with Crippen molar-refractivity contribution in [2.75, 3.05) is 19.7 Å². The predicted molar refractivity (Wildman–Crippen MR) is 146 cm³/mol. The molecule has 0 saturated carbocycles. The molecule has 13 nitrogen and oxygen atoms in total. The van der Waals surface area contributed by atoms with Gasteiger partial charge in [0.25, 0.3) is 0 Å². The van der Waals surface area contributed by atoms with Gasteiger partial charge in [-0.1, -0.05) is 30.3 Å². The van der Waals surface area contributed by atoms with E-state index in [9.17, 15) is 14.4 Å². The summed E-state index contributed by atoms with van der Waals surface area (Å²) in [4.78, 5) is 46.4. The van der Waals surface area contributed by atoms with E-state index in [2.05, 4.69) is 20.6 Å². The first-order valence-corrected chi connectivity index (χ1v) is 13.1. The van der Waals surface area contributed by atoms with Crippen molar-refractivity contribution in [1.29, 1.82) is 0 Å². The maximum Gasteiger partial charge on any atom is 0.408 e. The SMILES string of the molecule is CCOC(=O)[C@H](CCCCN=C(C)NO)NC(=O)[C@H](CCCCN=C(C)NO)NC(=O)OCc1ccccc1. The van der Waals surface area contributed by atoms with Crippen LogP contribution in [-0.4, -0.2) is 71.8 Å². The van der Waals surface area contributed by atoms with E-state index in [4.69, 9.17) is 19.9 Å². The molecule has 0 aliphatic rings. The fraction of sp³-hybridized carbons (Fsp3) is 0.577. The fourth-order valence-corrected chi connectivity index (χ4v) is 3.42. The van der Waals surface area contributed by atoms with Crippen molar-refractivity contribution in [3.05, 3.63) is 35.9 Å². The highest BCUT2D eigenvalue weighted by molar-refractivity contribution is 5.89. The van der Waals surface area contributed by atoms with Crippen molar-refractivity contribution >= 4 is 29.6 Å². The molecule has 0 radical (unpaired) electrons. The number of nitrogens with one attached hydrogen (secondary N) is 4. The predicted octanol–water partition coefficient (Wildman–Crippen LogP) is 2.46. The minimum atomic E-state index is -0.950. The van der Waals surface area contributed by atoms with Gasteiger partial charge in [0.15, 0.2) is 0 Å². The molecule has 0 heterocycles. The molecule has 0 aromatic heterocycles. The molecule has 1 rings (SSSR count). The molecule has 2 amide bonds. The summed E-state index contributed by atoms with van der Waals surface area (Å²) in [6.45, 7) is 5.98. The van der Waals surface area contributed by atoms with Gasteiger partial charge in [-0.3, -0.25) is 36.2 Å². The van der Waals surface area contributed by atoms with Crippen molar-refractivity contribution in [3.8, 4) is 0 Å². The van der Waals surface area contributed by atoms with E-state index in [1.165, 1.54) is 0 Å². The number of benzene rings is 1. The Bertz CT molecular complexity index is 927. The van der Waals surface area contributed by atoms with Crippen LogP contribution in [0.4, 0.5) is 4.79 Å². The smallest absolute Gasteiger partial charge is 0.408 e. The average molecular weight is 551 g/mol.